The first-order valence-corrected chi connectivity index (χ1v) is 7.65. The normalized spacial score (nSPS) is 16.4. The predicted octanol–water partition coefficient (Wildman–Crippen LogP) is 3.39. The number of carbonyl (C=O) groups is 2. The second-order valence-corrected chi connectivity index (χ2v) is 5.63. The number of amides is 1. The molecule has 1 atom stereocenters. The Balaban J connectivity index is 1.76. The van der Waals surface area contributed by atoms with Crippen molar-refractivity contribution in [3.63, 3.8) is 0 Å². The lowest BCUT2D eigenvalue weighted by molar-refractivity contribution is -0.0499. The van der Waals surface area contributed by atoms with Gasteiger partial charge in [-0.1, -0.05) is 6.07 Å². The van der Waals surface area contributed by atoms with E-state index in [9.17, 15) is 18.4 Å². The first-order chi connectivity index (χ1) is 11.9. The molecule has 0 aliphatic heterocycles. The molecule has 1 aliphatic rings. The van der Waals surface area contributed by atoms with Crippen molar-refractivity contribution in [2.75, 3.05) is 0 Å². The zero-order valence-corrected chi connectivity index (χ0v) is 13.0. The van der Waals surface area contributed by atoms with Gasteiger partial charge in [-0.05, 0) is 54.7 Å². The maximum Gasteiger partial charge on any atom is 0.387 e. The van der Waals surface area contributed by atoms with Crippen LogP contribution in [0.4, 0.5) is 8.78 Å². The van der Waals surface area contributed by atoms with Crippen molar-refractivity contribution in [3.05, 3.63) is 53.0 Å². The standard InChI is InChI=1S/C17H15F2NO5/c18-17(19)24-10-4-5-11-9(8-10)2-1-3-12(11)20-15(21)13-6-7-14(25-13)16(22)23/h4-8,12,17H,1-3H2,(H,20,21)(H,22,23). The van der Waals surface area contributed by atoms with E-state index >= 15 is 0 Å². The number of aryl methyl sites for hydroxylation is 1. The lowest BCUT2D eigenvalue weighted by Crippen LogP contribution is -2.30. The zero-order chi connectivity index (χ0) is 18.0. The average Bonchev–Trinajstić information content (AvgIpc) is 3.04. The van der Waals surface area contributed by atoms with Crippen LogP contribution in [0, 0.1) is 0 Å². The van der Waals surface area contributed by atoms with Crippen molar-refractivity contribution in [3.8, 4) is 5.75 Å². The second kappa shape index (κ2) is 6.92. The number of aromatic carboxylic acids is 1. The maximum atomic E-state index is 12.3. The van der Waals surface area contributed by atoms with Crippen LogP contribution in [0.15, 0.2) is 34.7 Å². The van der Waals surface area contributed by atoms with Crippen LogP contribution in [0.5, 0.6) is 5.75 Å². The summed E-state index contributed by atoms with van der Waals surface area (Å²) in [7, 11) is 0. The quantitative estimate of drug-likeness (QED) is 0.862. The summed E-state index contributed by atoms with van der Waals surface area (Å²) in [6.45, 7) is -2.89. The summed E-state index contributed by atoms with van der Waals surface area (Å²) in [5, 5.41) is 11.6. The van der Waals surface area contributed by atoms with Crippen molar-refractivity contribution < 1.29 is 32.6 Å². The van der Waals surface area contributed by atoms with Gasteiger partial charge in [0, 0.05) is 0 Å². The van der Waals surface area contributed by atoms with E-state index in [0.717, 1.165) is 17.5 Å². The molecule has 0 fully saturated rings. The highest BCUT2D eigenvalue weighted by Crippen LogP contribution is 2.33. The molecular formula is C17H15F2NO5. The molecule has 6 nitrogen and oxygen atoms in total. The van der Waals surface area contributed by atoms with Crippen molar-refractivity contribution in [2.24, 2.45) is 0 Å². The van der Waals surface area contributed by atoms with Gasteiger partial charge in [0.15, 0.2) is 5.76 Å². The van der Waals surface area contributed by atoms with Crippen molar-refractivity contribution in [2.45, 2.75) is 31.9 Å². The summed E-state index contributed by atoms with van der Waals surface area (Å²) >= 11 is 0. The number of nitrogens with one attached hydrogen (secondary N) is 1. The predicted molar refractivity (Wildman–Crippen MR) is 81.9 cm³/mol. The Morgan fingerprint density at radius 1 is 1.24 bits per heavy atom. The van der Waals surface area contributed by atoms with Crippen LogP contribution >= 0.6 is 0 Å². The number of carboxylic acid groups (broad SMARTS) is 1. The van der Waals surface area contributed by atoms with Crippen molar-refractivity contribution in [1.29, 1.82) is 0 Å². The largest absolute Gasteiger partial charge is 0.475 e. The third kappa shape index (κ3) is 3.78. The van der Waals surface area contributed by atoms with Crippen LogP contribution in [0.25, 0.3) is 0 Å². The number of hydrogen-bond acceptors (Lipinski definition) is 4. The molecule has 0 radical (unpaired) electrons. The molecule has 132 valence electrons. The molecule has 0 saturated heterocycles. The van der Waals surface area contributed by atoms with Gasteiger partial charge in [-0.25, -0.2) is 4.79 Å². The monoisotopic (exact) mass is 351 g/mol. The summed E-state index contributed by atoms with van der Waals surface area (Å²) in [6.07, 6.45) is 2.15. The average molecular weight is 351 g/mol. The summed E-state index contributed by atoms with van der Waals surface area (Å²) in [5.41, 5.74) is 1.66. The van der Waals surface area contributed by atoms with Gasteiger partial charge in [-0.3, -0.25) is 4.79 Å². The number of hydrogen-bond donors (Lipinski definition) is 2. The maximum absolute atomic E-state index is 12.3. The molecule has 2 N–H and O–H groups in total. The molecule has 0 bridgehead atoms. The van der Waals surface area contributed by atoms with Crippen LogP contribution in [0.1, 0.15) is 51.1 Å². The number of halogens is 2. The zero-order valence-electron chi connectivity index (χ0n) is 13.0. The molecule has 1 aromatic carbocycles. The molecule has 1 amide bonds. The van der Waals surface area contributed by atoms with E-state index in [1.807, 2.05) is 0 Å². The van der Waals surface area contributed by atoms with Crippen LogP contribution < -0.4 is 10.1 Å². The third-order valence-electron chi connectivity index (χ3n) is 4.00. The highest BCUT2D eigenvalue weighted by molar-refractivity contribution is 5.93. The number of benzene rings is 1. The van der Waals surface area contributed by atoms with Gasteiger partial charge in [0.05, 0.1) is 6.04 Å². The van der Waals surface area contributed by atoms with E-state index in [4.69, 9.17) is 9.52 Å². The number of carboxylic acids is 1. The number of furan rings is 1. The number of rotatable bonds is 5. The van der Waals surface area contributed by atoms with E-state index in [0.29, 0.717) is 12.8 Å². The smallest absolute Gasteiger partial charge is 0.387 e. The Morgan fingerprint density at radius 2 is 2.00 bits per heavy atom. The van der Waals surface area contributed by atoms with Gasteiger partial charge >= 0.3 is 12.6 Å². The van der Waals surface area contributed by atoms with Gasteiger partial charge in [0.1, 0.15) is 5.75 Å². The fourth-order valence-electron chi connectivity index (χ4n) is 2.92. The topological polar surface area (TPSA) is 88.8 Å². The molecular weight excluding hydrogens is 336 g/mol. The first kappa shape index (κ1) is 16.9. The number of ether oxygens (including phenoxy) is 1. The number of fused-ring (bicyclic) bond motifs is 1. The summed E-state index contributed by atoms with van der Waals surface area (Å²) in [6, 6.07) is 6.83. The van der Waals surface area contributed by atoms with Crippen LogP contribution in [-0.4, -0.2) is 23.6 Å². The lowest BCUT2D eigenvalue weighted by atomic mass is 9.87. The van der Waals surface area contributed by atoms with Gasteiger partial charge in [-0.2, -0.15) is 8.78 Å². The molecule has 0 saturated carbocycles. The number of carbonyl (C=O) groups excluding carboxylic acids is 1. The third-order valence-corrected chi connectivity index (χ3v) is 4.00. The molecule has 2 aromatic rings. The van der Waals surface area contributed by atoms with Crippen LogP contribution in [0.3, 0.4) is 0 Å². The van der Waals surface area contributed by atoms with E-state index in [2.05, 4.69) is 10.1 Å². The van der Waals surface area contributed by atoms with E-state index < -0.39 is 18.5 Å². The van der Waals surface area contributed by atoms with E-state index in [1.165, 1.54) is 18.2 Å². The second-order valence-electron chi connectivity index (χ2n) is 5.63. The molecule has 1 unspecified atom stereocenters. The Hall–Kier alpha value is -2.90. The summed E-state index contributed by atoms with van der Waals surface area (Å²) < 4.78 is 34.0. The highest BCUT2D eigenvalue weighted by Gasteiger charge is 2.24. The summed E-state index contributed by atoms with van der Waals surface area (Å²) in [4.78, 5) is 23.1. The lowest BCUT2D eigenvalue weighted by Gasteiger charge is -2.26. The molecule has 1 aromatic heterocycles. The molecule has 1 aliphatic carbocycles. The van der Waals surface area contributed by atoms with Gasteiger partial charge in [-0.15, -0.1) is 0 Å². The molecule has 0 spiro atoms. The van der Waals surface area contributed by atoms with E-state index in [1.54, 1.807) is 12.1 Å². The Morgan fingerprint density at radius 3 is 2.68 bits per heavy atom. The van der Waals surface area contributed by atoms with Gasteiger partial charge in [0.25, 0.3) is 5.91 Å². The molecule has 1 heterocycles. The highest BCUT2D eigenvalue weighted by atomic mass is 19.3. The fraction of sp³-hybridized carbons (Fsp3) is 0.294. The Bertz CT molecular complexity index is 802. The minimum atomic E-state index is -2.89. The molecule has 3 rings (SSSR count). The van der Waals surface area contributed by atoms with Crippen LogP contribution in [0.2, 0.25) is 0 Å². The minimum Gasteiger partial charge on any atom is -0.475 e. The fourth-order valence-corrected chi connectivity index (χ4v) is 2.92. The van der Waals surface area contributed by atoms with Crippen molar-refractivity contribution in [1.82, 2.24) is 5.32 Å². The van der Waals surface area contributed by atoms with Gasteiger partial charge in [0.2, 0.25) is 5.76 Å². The first-order valence-electron chi connectivity index (χ1n) is 7.65. The summed E-state index contributed by atoms with van der Waals surface area (Å²) in [5.74, 6) is -2.12. The SMILES string of the molecule is O=C(O)c1ccc(C(=O)NC2CCCc3cc(OC(F)F)ccc32)o1. The van der Waals surface area contributed by atoms with Crippen LogP contribution in [-0.2, 0) is 6.42 Å². The van der Waals surface area contributed by atoms with Gasteiger partial charge < -0.3 is 19.6 Å². The Labute approximate surface area is 141 Å². The molecule has 25 heavy (non-hydrogen) atoms. The molecule has 8 heteroatoms. The Kier molecular flexibility index (Phi) is 4.69. The van der Waals surface area contributed by atoms with Crippen molar-refractivity contribution >= 4 is 11.9 Å². The minimum absolute atomic E-state index is 0.0814. The number of alkyl halides is 2. The van der Waals surface area contributed by atoms with E-state index in [-0.39, 0.29) is 23.3 Å².